The van der Waals surface area contributed by atoms with Crippen LogP contribution in [-0.2, 0) is 0 Å². The number of nitrogens with one attached hydrogen (secondary N) is 2. The largest absolute Gasteiger partial charge is 0.467 e. The van der Waals surface area contributed by atoms with Crippen molar-refractivity contribution in [3.8, 4) is 0 Å². The average Bonchev–Trinajstić information content (AvgIpc) is 3.35. The van der Waals surface area contributed by atoms with Gasteiger partial charge in [-0.2, -0.15) is 18.3 Å². The summed E-state index contributed by atoms with van der Waals surface area (Å²) in [6.45, 7) is 0. The number of aromatic nitrogens is 2. The Morgan fingerprint density at radius 3 is 2.74 bits per heavy atom. The maximum atomic E-state index is 13.6. The maximum absolute atomic E-state index is 13.6. The van der Waals surface area contributed by atoms with Crippen LogP contribution in [0.1, 0.15) is 60.4 Å². The number of halogens is 4. The van der Waals surface area contributed by atoms with Crippen molar-refractivity contribution in [2.24, 2.45) is 0 Å². The van der Waals surface area contributed by atoms with E-state index in [1.54, 1.807) is 12.1 Å². The van der Waals surface area contributed by atoms with Crippen molar-refractivity contribution in [1.29, 1.82) is 0 Å². The molecule has 146 valence electrons. The lowest BCUT2D eigenvalue weighted by Crippen LogP contribution is -2.36. The number of nitrogens with zero attached hydrogens (tertiary/aromatic N) is 2. The normalized spacial score (nSPS) is 23.1. The molecule has 3 heterocycles. The van der Waals surface area contributed by atoms with Gasteiger partial charge in [0.15, 0.2) is 11.7 Å². The second-order valence-corrected chi connectivity index (χ2v) is 7.29. The topological polar surface area (TPSA) is 72.1 Å². The lowest BCUT2D eigenvalue weighted by atomic mass is 10.0. The summed E-state index contributed by atoms with van der Waals surface area (Å²) >= 11 is 6.26. The molecular weight excluding hydrogens is 385 g/mol. The third-order valence-electron chi connectivity index (χ3n) is 5.09. The lowest BCUT2D eigenvalue weighted by molar-refractivity contribution is -0.174. The van der Waals surface area contributed by atoms with E-state index >= 15 is 0 Å². The van der Waals surface area contributed by atoms with E-state index in [0.29, 0.717) is 5.76 Å². The van der Waals surface area contributed by atoms with Gasteiger partial charge in [0.25, 0.3) is 5.91 Å². The third kappa shape index (κ3) is 3.40. The molecule has 1 amide bonds. The van der Waals surface area contributed by atoms with Crippen LogP contribution >= 0.6 is 11.6 Å². The first kappa shape index (κ1) is 18.2. The number of anilines is 1. The fraction of sp³-hybridized carbons (Fsp3) is 0.529. The zero-order valence-electron chi connectivity index (χ0n) is 14.2. The molecule has 1 aliphatic heterocycles. The highest BCUT2D eigenvalue weighted by molar-refractivity contribution is 6.36. The van der Waals surface area contributed by atoms with Crippen LogP contribution < -0.4 is 10.6 Å². The van der Waals surface area contributed by atoms with Crippen LogP contribution in [0.4, 0.5) is 19.0 Å². The number of carbonyl (C=O) groups excluding carboxylic acids is 1. The van der Waals surface area contributed by atoms with E-state index in [2.05, 4.69) is 15.7 Å². The first-order valence-corrected chi connectivity index (χ1v) is 9.18. The highest BCUT2D eigenvalue weighted by Crippen LogP contribution is 2.46. The van der Waals surface area contributed by atoms with E-state index in [-0.39, 0.29) is 29.0 Å². The second-order valence-electron chi connectivity index (χ2n) is 6.92. The standard InChI is InChI=1S/C17H18ClF3N4O2/c18-13-14(16(26)22-9-4-1-2-5-9)24-25-12(17(19,20)21)8-10(23-15(13)25)11-6-3-7-27-11/h3,6-7,9-10,12,23H,1-2,4-5,8H2,(H,22,26). The van der Waals surface area contributed by atoms with Gasteiger partial charge in [-0.3, -0.25) is 4.79 Å². The Labute approximate surface area is 158 Å². The molecule has 0 radical (unpaired) electrons. The Balaban J connectivity index is 1.67. The van der Waals surface area contributed by atoms with Crippen LogP contribution in [0.3, 0.4) is 0 Å². The Bertz CT molecular complexity index is 828. The summed E-state index contributed by atoms with van der Waals surface area (Å²) in [7, 11) is 0. The predicted molar refractivity (Wildman–Crippen MR) is 91.7 cm³/mol. The molecule has 1 saturated carbocycles. The zero-order chi connectivity index (χ0) is 19.2. The van der Waals surface area contributed by atoms with Crippen LogP contribution in [-0.4, -0.2) is 27.9 Å². The van der Waals surface area contributed by atoms with Crippen LogP contribution in [0.2, 0.25) is 5.02 Å². The smallest absolute Gasteiger partial charge is 0.410 e. The molecule has 0 aromatic carbocycles. The predicted octanol–water partition coefficient (Wildman–Crippen LogP) is 4.46. The molecule has 0 saturated heterocycles. The number of alkyl halides is 3. The minimum Gasteiger partial charge on any atom is -0.467 e. The minimum atomic E-state index is -4.55. The fourth-order valence-electron chi connectivity index (χ4n) is 3.73. The summed E-state index contributed by atoms with van der Waals surface area (Å²) in [5.74, 6) is -0.209. The molecule has 6 nitrogen and oxygen atoms in total. The summed E-state index contributed by atoms with van der Waals surface area (Å²) < 4.78 is 46.9. The lowest BCUT2D eigenvalue weighted by Gasteiger charge is -2.32. The number of rotatable bonds is 3. The molecule has 2 atom stereocenters. The fourth-order valence-corrected chi connectivity index (χ4v) is 4.00. The van der Waals surface area contributed by atoms with Gasteiger partial charge in [-0.05, 0) is 25.0 Å². The van der Waals surface area contributed by atoms with Gasteiger partial charge in [0.2, 0.25) is 0 Å². The Morgan fingerprint density at radius 2 is 2.11 bits per heavy atom. The number of carbonyl (C=O) groups is 1. The molecule has 2 N–H and O–H groups in total. The van der Waals surface area contributed by atoms with E-state index in [4.69, 9.17) is 16.0 Å². The SMILES string of the molecule is O=C(NC1CCCC1)c1nn2c(c1Cl)NC(c1ccco1)CC2C(F)(F)F. The summed E-state index contributed by atoms with van der Waals surface area (Å²) in [4.78, 5) is 12.5. The number of hydrogen-bond donors (Lipinski definition) is 2. The molecule has 1 aliphatic carbocycles. The molecule has 2 aromatic heterocycles. The van der Waals surface area contributed by atoms with Gasteiger partial charge >= 0.3 is 6.18 Å². The Morgan fingerprint density at radius 1 is 1.37 bits per heavy atom. The van der Waals surface area contributed by atoms with Crippen LogP contribution in [0.5, 0.6) is 0 Å². The molecule has 10 heteroatoms. The summed E-state index contributed by atoms with van der Waals surface area (Å²) in [6.07, 6.45) is 0.263. The zero-order valence-corrected chi connectivity index (χ0v) is 15.0. The van der Waals surface area contributed by atoms with Gasteiger partial charge in [-0.15, -0.1) is 0 Å². The van der Waals surface area contributed by atoms with Crippen molar-refractivity contribution in [2.45, 2.75) is 56.4 Å². The highest BCUT2D eigenvalue weighted by atomic mass is 35.5. The van der Waals surface area contributed by atoms with Crippen molar-refractivity contribution >= 4 is 23.3 Å². The molecule has 0 spiro atoms. The molecule has 1 fully saturated rings. The van der Waals surface area contributed by atoms with Crippen molar-refractivity contribution in [2.75, 3.05) is 5.32 Å². The molecule has 2 aromatic rings. The van der Waals surface area contributed by atoms with Gasteiger partial charge in [0, 0.05) is 12.5 Å². The Kier molecular flexibility index (Phi) is 4.57. The van der Waals surface area contributed by atoms with E-state index in [9.17, 15) is 18.0 Å². The number of hydrogen-bond acceptors (Lipinski definition) is 4. The van der Waals surface area contributed by atoms with E-state index < -0.39 is 24.2 Å². The van der Waals surface area contributed by atoms with Crippen molar-refractivity contribution < 1.29 is 22.4 Å². The van der Waals surface area contributed by atoms with Crippen molar-refractivity contribution in [1.82, 2.24) is 15.1 Å². The summed E-state index contributed by atoms with van der Waals surface area (Å²) in [6, 6.07) is 0.578. The molecule has 27 heavy (non-hydrogen) atoms. The van der Waals surface area contributed by atoms with Gasteiger partial charge < -0.3 is 15.1 Å². The monoisotopic (exact) mass is 402 g/mol. The number of fused-ring (bicyclic) bond motifs is 1. The quantitative estimate of drug-likeness (QED) is 0.795. The van der Waals surface area contributed by atoms with E-state index in [1.165, 1.54) is 6.26 Å². The third-order valence-corrected chi connectivity index (χ3v) is 5.45. The number of furan rings is 1. The van der Waals surface area contributed by atoms with Crippen molar-refractivity contribution in [3.63, 3.8) is 0 Å². The van der Waals surface area contributed by atoms with Crippen molar-refractivity contribution in [3.05, 3.63) is 34.9 Å². The maximum Gasteiger partial charge on any atom is 0.410 e. The van der Waals surface area contributed by atoms with Gasteiger partial charge in [-0.25, -0.2) is 4.68 Å². The minimum absolute atomic E-state index is 0.00883. The number of amides is 1. The van der Waals surface area contributed by atoms with Crippen LogP contribution in [0, 0.1) is 0 Å². The van der Waals surface area contributed by atoms with Gasteiger partial charge in [-0.1, -0.05) is 24.4 Å². The molecular formula is C17H18ClF3N4O2. The van der Waals surface area contributed by atoms with E-state index in [0.717, 1.165) is 30.4 Å². The highest BCUT2D eigenvalue weighted by Gasteiger charge is 2.48. The van der Waals surface area contributed by atoms with Crippen LogP contribution in [0.15, 0.2) is 22.8 Å². The molecule has 2 aliphatic rings. The summed E-state index contributed by atoms with van der Waals surface area (Å²) in [5, 5.41) is 9.54. The Hall–Kier alpha value is -2.16. The average molecular weight is 403 g/mol. The molecule has 2 unspecified atom stereocenters. The molecule has 4 rings (SSSR count). The molecule has 0 bridgehead atoms. The summed E-state index contributed by atoms with van der Waals surface area (Å²) in [5.41, 5.74) is -0.194. The first-order chi connectivity index (χ1) is 12.8. The van der Waals surface area contributed by atoms with Gasteiger partial charge in [0.05, 0.1) is 12.3 Å². The van der Waals surface area contributed by atoms with E-state index in [1.807, 2.05) is 0 Å². The van der Waals surface area contributed by atoms with Crippen LogP contribution in [0.25, 0.3) is 0 Å². The second kappa shape index (κ2) is 6.78. The first-order valence-electron chi connectivity index (χ1n) is 8.80. The van der Waals surface area contributed by atoms with Gasteiger partial charge in [0.1, 0.15) is 16.6 Å².